The molecule has 2 heteroatoms. The van der Waals surface area contributed by atoms with Crippen LogP contribution in [-0.4, -0.2) is 0 Å². The summed E-state index contributed by atoms with van der Waals surface area (Å²) in [6, 6.07) is 76.8. The van der Waals surface area contributed by atoms with Crippen LogP contribution in [0.25, 0.3) is 55.0 Å². The SMILES string of the molecule is c1ccc(-c2cc3oc4c(N(c5ccccc5)c5cccc(C6(c7ccccc7)c7ccccc7-c7ccccc76)c5)cccc4c3c3ccccc23)cc1. The van der Waals surface area contributed by atoms with Crippen molar-refractivity contribution in [3.05, 3.63) is 235 Å². The topological polar surface area (TPSA) is 16.4 Å². The molecule has 55 heavy (non-hydrogen) atoms. The van der Waals surface area contributed by atoms with Gasteiger partial charge >= 0.3 is 0 Å². The molecule has 0 saturated heterocycles. The fourth-order valence-corrected chi connectivity index (χ4v) is 9.27. The molecule has 1 heterocycles. The third kappa shape index (κ3) is 4.68. The van der Waals surface area contributed by atoms with Crippen LogP contribution in [-0.2, 0) is 5.41 Å². The van der Waals surface area contributed by atoms with Gasteiger partial charge in [-0.25, -0.2) is 0 Å². The van der Waals surface area contributed by atoms with E-state index in [-0.39, 0.29) is 0 Å². The second-order valence-electron chi connectivity index (χ2n) is 14.4. The molecule has 1 aliphatic carbocycles. The first-order chi connectivity index (χ1) is 27.3. The minimum Gasteiger partial charge on any atom is -0.454 e. The summed E-state index contributed by atoms with van der Waals surface area (Å²) in [6.07, 6.45) is 0. The predicted molar refractivity (Wildman–Crippen MR) is 229 cm³/mol. The molecule has 0 fully saturated rings. The average Bonchev–Trinajstić information content (AvgIpc) is 3.79. The van der Waals surface area contributed by atoms with E-state index in [0.717, 1.165) is 39.0 Å². The van der Waals surface area contributed by atoms with Crippen LogP contribution in [0.3, 0.4) is 0 Å². The molecule has 0 spiro atoms. The summed E-state index contributed by atoms with van der Waals surface area (Å²) in [5.41, 5.74) is 14.3. The number of benzene rings is 9. The molecular formula is C53H35NO. The second-order valence-corrected chi connectivity index (χ2v) is 14.4. The normalized spacial score (nSPS) is 12.9. The third-order valence-corrected chi connectivity index (χ3v) is 11.5. The molecule has 0 radical (unpaired) electrons. The Morgan fingerprint density at radius 1 is 0.382 bits per heavy atom. The zero-order valence-corrected chi connectivity index (χ0v) is 30.1. The van der Waals surface area contributed by atoms with Gasteiger partial charge in [-0.1, -0.05) is 176 Å². The van der Waals surface area contributed by atoms with Gasteiger partial charge in [0.2, 0.25) is 0 Å². The van der Waals surface area contributed by atoms with Crippen LogP contribution in [0.4, 0.5) is 17.1 Å². The van der Waals surface area contributed by atoms with Crippen molar-refractivity contribution in [2.45, 2.75) is 5.41 Å². The lowest BCUT2D eigenvalue weighted by molar-refractivity contribution is 0.669. The van der Waals surface area contributed by atoms with Gasteiger partial charge in [-0.05, 0) is 91.7 Å². The van der Waals surface area contributed by atoms with E-state index in [4.69, 9.17) is 4.42 Å². The highest BCUT2D eigenvalue weighted by atomic mass is 16.3. The first-order valence-electron chi connectivity index (χ1n) is 18.9. The van der Waals surface area contributed by atoms with Crippen LogP contribution in [0.15, 0.2) is 217 Å². The van der Waals surface area contributed by atoms with E-state index in [0.29, 0.717) is 0 Å². The van der Waals surface area contributed by atoms with Crippen LogP contribution < -0.4 is 4.90 Å². The lowest BCUT2D eigenvalue weighted by atomic mass is 9.67. The van der Waals surface area contributed by atoms with E-state index < -0.39 is 5.41 Å². The van der Waals surface area contributed by atoms with Crippen LogP contribution >= 0.6 is 0 Å². The van der Waals surface area contributed by atoms with Gasteiger partial charge in [-0.15, -0.1) is 0 Å². The van der Waals surface area contributed by atoms with E-state index >= 15 is 0 Å². The maximum Gasteiger partial charge on any atom is 0.159 e. The Kier molecular flexibility index (Phi) is 7.11. The summed E-state index contributed by atoms with van der Waals surface area (Å²) in [5, 5.41) is 4.63. The summed E-state index contributed by atoms with van der Waals surface area (Å²) in [7, 11) is 0. The number of rotatable bonds is 6. The molecule has 0 bridgehead atoms. The Hall–Kier alpha value is -7.16. The molecule has 11 rings (SSSR count). The number of anilines is 3. The lowest BCUT2D eigenvalue weighted by Gasteiger charge is -2.35. The number of fused-ring (bicyclic) bond motifs is 8. The number of furan rings is 1. The summed E-state index contributed by atoms with van der Waals surface area (Å²) in [6.45, 7) is 0. The molecule has 0 N–H and O–H groups in total. The van der Waals surface area contributed by atoms with E-state index in [2.05, 4.69) is 217 Å². The van der Waals surface area contributed by atoms with Crippen molar-refractivity contribution in [3.63, 3.8) is 0 Å². The molecule has 0 unspecified atom stereocenters. The van der Waals surface area contributed by atoms with Crippen LogP contribution in [0.5, 0.6) is 0 Å². The molecular weight excluding hydrogens is 667 g/mol. The molecule has 0 saturated carbocycles. The highest BCUT2D eigenvalue weighted by molar-refractivity contribution is 6.23. The first kappa shape index (κ1) is 31.4. The second kappa shape index (κ2) is 12.5. The standard InChI is InChI=1S/C53H35NO/c1-4-18-36(19-5-1)46-35-50-51(44-29-11-10-26-41(44)46)45-30-17-33-49(52(45)55-50)54(39-23-8-3-9-24-39)40-25-16-22-38(34-40)53(37-20-6-2-7-21-37)47-31-14-12-27-42(47)43-28-13-15-32-48(43)53/h1-35H. The zero-order valence-electron chi connectivity index (χ0n) is 30.1. The van der Waals surface area contributed by atoms with Gasteiger partial charge in [-0.2, -0.15) is 0 Å². The van der Waals surface area contributed by atoms with Crippen molar-refractivity contribution in [1.29, 1.82) is 0 Å². The molecule has 0 aliphatic heterocycles. The van der Waals surface area contributed by atoms with Crippen molar-refractivity contribution < 1.29 is 4.42 Å². The average molecular weight is 702 g/mol. The Bertz CT molecular complexity index is 2990. The summed E-state index contributed by atoms with van der Waals surface area (Å²) >= 11 is 0. The number of hydrogen-bond acceptors (Lipinski definition) is 2. The van der Waals surface area contributed by atoms with E-state index in [9.17, 15) is 0 Å². The van der Waals surface area contributed by atoms with Gasteiger partial charge < -0.3 is 9.32 Å². The smallest absolute Gasteiger partial charge is 0.159 e. The van der Waals surface area contributed by atoms with Crippen molar-refractivity contribution in [2.24, 2.45) is 0 Å². The molecule has 2 nitrogen and oxygen atoms in total. The number of nitrogens with zero attached hydrogens (tertiary/aromatic N) is 1. The Morgan fingerprint density at radius 2 is 0.927 bits per heavy atom. The molecule has 9 aromatic carbocycles. The minimum absolute atomic E-state index is 0.509. The lowest BCUT2D eigenvalue weighted by Crippen LogP contribution is -2.28. The highest BCUT2D eigenvalue weighted by Crippen LogP contribution is 2.57. The van der Waals surface area contributed by atoms with Gasteiger partial charge in [0.15, 0.2) is 5.58 Å². The van der Waals surface area contributed by atoms with Gasteiger partial charge in [0, 0.05) is 22.1 Å². The maximum atomic E-state index is 7.05. The summed E-state index contributed by atoms with van der Waals surface area (Å²) in [5.74, 6) is 0. The number of para-hydroxylation sites is 2. The van der Waals surface area contributed by atoms with Gasteiger partial charge in [-0.3, -0.25) is 0 Å². The van der Waals surface area contributed by atoms with Gasteiger partial charge in [0.1, 0.15) is 5.58 Å². The highest BCUT2D eigenvalue weighted by Gasteiger charge is 2.46. The van der Waals surface area contributed by atoms with Crippen molar-refractivity contribution >= 4 is 49.8 Å². The van der Waals surface area contributed by atoms with E-state index in [1.165, 1.54) is 55.3 Å². The van der Waals surface area contributed by atoms with E-state index in [1.54, 1.807) is 0 Å². The summed E-state index contributed by atoms with van der Waals surface area (Å²) in [4.78, 5) is 2.36. The third-order valence-electron chi connectivity index (χ3n) is 11.5. The largest absolute Gasteiger partial charge is 0.454 e. The Balaban J connectivity index is 1.18. The van der Waals surface area contributed by atoms with Crippen LogP contribution in [0, 0.1) is 0 Å². The molecule has 1 aliphatic rings. The Morgan fingerprint density at radius 3 is 1.65 bits per heavy atom. The molecule has 10 aromatic rings. The molecule has 0 amide bonds. The Labute approximate surface area is 320 Å². The zero-order chi connectivity index (χ0) is 36.3. The molecule has 0 atom stereocenters. The molecule has 258 valence electrons. The van der Waals surface area contributed by atoms with E-state index in [1.807, 2.05) is 0 Å². The van der Waals surface area contributed by atoms with Crippen LogP contribution in [0.1, 0.15) is 22.3 Å². The fraction of sp³-hybridized carbons (Fsp3) is 0.0189. The summed E-state index contributed by atoms with van der Waals surface area (Å²) < 4.78 is 7.05. The van der Waals surface area contributed by atoms with Gasteiger partial charge in [0.25, 0.3) is 0 Å². The maximum absolute atomic E-state index is 7.05. The van der Waals surface area contributed by atoms with Crippen molar-refractivity contribution in [1.82, 2.24) is 0 Å². The number of hydrogen-bond donors (Lipinski definition) is 0. The minimum atomic E-state index is -0.509. The van der Waals surface area contributed by atoms with Crippen molar-refractivity contribution in [3.8, 4) is 22.3 Å². The monoisotopic (exact) mass is 701 g/mol. The van der Waals surface area contributed by atoms with Crippen LogP contribution in [0.2, 0.25) is 0 Å². The molecule has 1 aromatic heterocycles. The quantitative estimate of drug-likeness (QED) is 0.172. The first-order valence-corrected chi connectivity index (χ1v) is 18.9. The van der Waals surface area contributed by atoms with Gasteiger partial charge in [0.05, 0.1) is 11.1 Å². The predicted octanol–water partition coefficient (Wildman–Crippen LogP) is 14.2. The van der Waals surface area contributed by atoms with Crippen molar-refractivity contribution in [2.75, 3.05) is 4.90 Å². The fourth-order valence-electron chi connectivity index (χ4n) is 9.27.